The van der Waals surface area contributed by atoms with E-state index >= 15 is 0 Å². The van der Waals surface area contributed by atoms with Gasteiger partial charge in [-0.2, -0.15) is 4.52 Å². The molecule has 1 atom stereocenters. The Morgan fingerprint density at radius 2 is 2.00 bits per heavy atom. The van der Waals surface area contributed by atoms with Crippen LogP contribution in [-0.4, -0.2) is 37.9 Å². The molecule has 0 fully saturated rings. The van der Waals surface area contributed by atoms with Crippen LogP contribution >= 0.6 is 11.6 Å². The van der Waals surface area contributed by atoms with E-state index in [0.29, 0.717) is 23.0 Å². The first-order valence-corrected chi connectivity index (χ1v) is 9.81. The molecule has 0 spiro atoms. The van der Waals surface area contributed by atoms with E-state index in [9.17, 15) is 18.0 Å². The first kappa shape index (κ1) is 21.6. The molecule has 1 amide bonds. The fourth-order valence-corrected chi connectivity index (χ4v) is 3.36. The Morgan fingerprint density at radius 3 is 2.69 bits per heavy atom. The summed E-state index contributed by atoms with van der Waals surface area (Å²) in [5.74, 6) is -1.01. The van der Waals surface area contributed by atoms with Gasteiger partial charge in [-0.25, -0.2) is 9.97 Å². The molecule has 32 heavy (non-hydrogen) atoms. The van der Waals surface area contributed by atoms with Crippen LogP contribution in [0.1, 0.15) is 13.3 Å². The number of para-hydroxylation sites is 1. The maximum absolute atomic E-state index is 12.9. The number of hydrogen-bond donors (Lipinski definition) is 2. The van der Waals surface area contributed by atoms with Crippen molar-refractivity contribution in [1.82, 2.24) is 19.6 Å². The molecular formula is C20H16ClF3N6O2. The summed E-state index contributed by atoms with van der Waals surface area (Å²) < 4.78 is 44.2. The van der Waals surface area contributed by atoms with Crippen molar-refractivity contribution in [3.8, 4) is 17.1 Å². The lowest BCUT2D eigenvalue weighted by Gasteiger charge is -2.15. The number of fused-ring (bicyclic) bond motifs is 3. The van der Waals surface area contributed by atoms with Gasteiger partial charge < -0.3 is 15.8 Å². The van der Waals surface area contributed by atoms with E-state index in [-0.39, 0.29) is 22.4 Å². The summed E-state index contributed by atoms with van der Waals surface area (Å²) in [7, 11) is 0. The normalized spacial score (nSPS) is 12.8. The molecule has 8 nitrogen and oxygen atoms in total. The van der Waals surface area contributed by atoms with Gasteiger partial charge in [-0.1, -0.05) is 30.7 Å². The van der Waals surface area contributed by atoms with E-state index in [2.05, 4.69) is 25.1 Å². The molecule has 2 heterocycles. The number of aromatic nitrogens is 4. The van der Waals surface area contributed by atoms with Gasteiger partial charge >= 0.3 is 6.36 Å². The quantitative estimate of drug-likeness (QED) is 0.443. The highest BCUT2D eigenvalue weighted by atomic mass is 35.5. The summed E-state index contributed by atoms with van der Waals surface area (Å²) in [5, 5.41) is 8.04. The first-order valence-electron chi connectivity index (χ1n) is 9.43. The van der Waals surface area contributed by atoms with Gasteiger partial charge in [0.15, 0.2) is 11.5 Å². The molecule has 3 N–H and O–H groups in total. The molecule has 166 valence electrons. The van der Waals surface area contributed by atoms with E-state index in [0.717, 1.165) is 6.07 Å². The van der Waals surface area contributed by atoms with Gasteiger partial charge in [0.25, 0.3) is 0 Å². The van der Waals surface area contributed by atoms with Crippen LogP contribution in [0.2, 0.25) is 5.02 Å². The Hall–Kier alpha value is -3.60. The number of alkyl halides is 3. The monoisotopic (exact) mass is 464 g/mol. The van der Waals surface area contributed by atoms with Gasteiger partial charge in [-0.05, 0) is 36.8 Å². The Morgan fingerprint density at radius 1 is 1.25 bits per heavy atom. The lowest BCUT2D eigenvalue weighted by Crippen LogP contribution is -2.35. The van der Waals surface area contributed by atoms with Crippen LogP contribution in [0.25, 0.3) is 27.9 Å². The van der Waals surface area contributed by atoms with Gasteiger partial charge in [0.2, 0.25) is 11.9 Å². The van der Waals surface area contributed by atoms with E-state index in [4.69, 9.17) is 17.3 Å². The van der Waals surface area contributed by atoms with Crippen LogP contribution < -0.4 is 15.8 Å². The third kappa shape index (κ3) is 4.24. The van der Waals surface area contributed by atoms with E-state index in [1.54, 1.807) is 31.2 Å². The Labute approximate surface area is 184 Å². The number of primary amides is 1. The zero-order chi connectivity index (χ0) is 23.0. The maximum atomic E-state index is 12.9. The molecule has 0 bridgehead atoms. The van der Waals surface area contributed by atoms with E-state index < -0.39 is 24.1 Å². The molecule has 0 aliphatic heterocycles. The molecule has 4 aromatic rings. The lowest BCUT2D eigenvalue weighted by atomic mass is 10.2. The van der Waals surface area contributed by atoms with Gasteiger partial charge in [0.05, 0.1) is 11.1 Å². The van der Waals surface area contributed by atoms with Crippen LogP contribution in [0, 0.1) is 0 Å². The smallest absolute Gasteiger partial charge is 0.405 e. The van der Waals surface area contributed by atoms with Gasteiger partial charge in [-0.15, -0.1) is 18.3 Å². The molecule has 0 aliphatic rings. The van der Waals surface area contributed by atoms with Gasteiger partial charge in [0, 0.05) is 10.4 Å². The second-order valence-corrected chi connectivity index (χ2v) is 7.26. The SMILES string of the molecule is CC[C@@H](Nc1nc2ccccc2c2nc(-c3cc(Cl)ccc3OC(F)(F)F)nn12)C(N)=O. The highest BCUT2D eigenvalue weighted by Gasteiger charge is 2.33. The Kier molecular flexibility index (Phi) is 5.51. The number of ether oxygens (including phenoxy) is 1. The van der Waals surface area contributed by atoms with Gasteiger partial charge in [0.1, 0.15) is 11.8 Å². The fourth-order valence-electron chi connectivity index (χ4n) is 3.18. The number of hydrogen-bond acceptors (Lipinski definition) is 6. The van der Waals surface area contributed by atoms with Crippen molar-refractivity contribution in [2.75, 3.05) is 5.32 Å². The summed E-state index contributed by atoms with van der Waals surface area (Å²) >= 11 is 6.01. The summed E-state index contributed by atoms with van der Waals surface area (Å²) in [6.45, 7) is 1.76. The van der Waals surface area contributed by atoms with Crippen LogP contribution in [0.15, 0.2) is 42.5 Å². The van der Waals surface area contributed by atoms with Crippen LogP contribution in [0.5, 0.6) is 5.75 Å². The molecule has 2 aromatic carbocycles. The summed E-state index contributed by atoms with van der Waals surface area (Å²) in [6, 6.07) is 9.91. The lowest BCUT2D eigenvalue weighted by molar-refractivity contribution is -0.274. The van der Waals surface area contributed by atoms with Crippen molar-refractivity contribution in [2.24, 2.45) is 5.73 Å². The molecule has 2 aromatic heterocycles. The standard InChI is InChI=1S/C20H16ClF3N6O2/c1-2-13(16(25)31)26-19-27-14-6-4-3-5-11(14)18-28-17(29-30(18)19)12-9-10(21)7-8-15(12)32-20(22,23)24/h3-9,13H,2H2,1H3,(H2,25,31)(H,26,27)/t13-/m1/s1. The zero-order valence-corrected chi connectivity index (χ0v) is 17.3. The highest BCUT2D eigenvalue weighted by Crippen LogP contribution is 2.35. The molecular weight excluding hydrogens is 449 g/mol. The second-order valence-electron chi connectivity index (χ2n) is 6.82. The van der Waals surface area contributed by atoms with Crippen LogP contribution in [0.3, 0.4) is 0 Å². The minimum atomic E-state index is -4.92. The molecule has 0 unspecified atom stereocenters. The highest BCUT2D eigenvalue weighted by molar-refractivity contribution is 6.30. The fraction of sp³-hybridized carbons (Fsp3) is 0.200. The molecule has 12 heteroatoms. The number of carbonyl (C=O) groups excluding carboxylic acids is 1. The third-order valence-electron chi connectivity index (χ3n) is 4.64. The Bertz CT molecular complexity index is 1320. The second kappa shape index (κ2) is 8.15. The Balaban J connectivity index is 1.94. The average Bonchev–Trinajstić information content (AvgIpc) is 3.17. The zero-order valence-electron chi connectivity index (χ0n) is 16.5. The van der Waals surface area contributed by atoms with E-state index in [1.807, 2.05) is 0 Å². The molecule has 4 rings (SSSR count). The number of halogens is 4. The minimum absolute atomic E-state index is 0.0597. The number of carbonyl (C=O) groups is 1. The van der Waals surface area contributed by atoms with Crippen LogP contribution in [0.4, 0.5) is 19.1 Å². The summed E-state index contributed by atoms with van der Waals surface area (Å²) in [6.07, 6.45) is -4.54. The number of nitrogens with zero attached hydrogens (tertiary/aromatic N) is 4. The number of nitrogens with one attached hydrogen (secondary N) is 1. The summed E-state index contributed by atoms with van der Waals surface area (Å²) in [5.41, 5.74) is 6.22. The number of rotatable bonds is 6. The van der Waals surface area contributed by atoms with Crippen molar-refractivity contribution in [2.45, 2.75) is 25.7 Å². The van der Waals surface area contributed by atoms with Crippen molar-refractivity contribution in [3.63, 3.8) is 0 Å². The van der Waals surface area contributed by atoms with Crippen LogP contribution in [-0.2, 0) is 4.79 Å². The third-order valence-corrected chi connectivity index (χ3v) is 4.88. The predicted molar refractivity (Wildman–Crippen MR) is 112 cm³/mol. The summed E-state index contributed by atoms with van der Waals surface area (Å²) in [4.78, 5) is 20.6. The number of anilines is 1. The average molecular weight is 465 g/mol. The number of amides is 1. The van der Waals surface area contributed by atoms with Crippen molar-refractivity contribution in [3.05, 3.63) is 47.5 Å². The van der Waals surface area contributed by atoms with Gasteiger partial charge in [-0.3, -0.25) is 4.79 Å². The largest absolute Gasteiger partial charge is 0.573 e. The molecule has 0 radical (unpaired) electrons. The van der Waals surface area contributed by atoms with E-state index in [1.165, 1.54) is 16.6 Å². The topological polar surface area (TPSA) is 107 Å². The number of nitrogens with two attached hydrogens (primary N) is 1. The molecule has 0 saturated carbocycles. The van der Waals surface area contributed by atoms with Crippen molar-refractivity contribution < 1.29 is 22.7 Å². The van der Waals surface area contributed by atoms with Crippen molar-refractivity contribution in [1.29, 1.82) is 0 Å². The molecule has 0 aliphatic carbocycles. The van der Waals surface area contributed by atoms with Crippen molar-refractivity contribution >= 4 is 40.0 Å². The first-order chi connectivity index (χ1) is 15.2. The molecule has 0 saturated heterocycles. The predicted octanol–water partition coefficient (Wildman–Crippen LogP) is 4.17. The minimum Gasteiger partial charge on any atom is -0.405 e. The maximum Gasteiger partial charge on any atom is 0.573 e. The number of benzene rings is 2.